The molecule has 2 aliphatic rings. The molecule has 2 fully saturated rings. The Morgan fingerprint density at radius 3 is 2.44 bits per heavy atom. The van der Waals surface area contributed by atoms with Crippen LogP contribution in [0.2, 0.25) is 0 Å². The van der Waals surface area contributed by atoms with E-state index in [4.69, 9.17) is 4.98 Å². The molecule has 7 heteroatoms. The van der Waals surface area contributed by atoms with Gasteiger partial charge in [-0.2, -0.15) is 0 Å². The predicted octanol–water partition coefficient (Wildman–Crippen LogP) is 1.51. The molecule has 0 atom stereocenters. The Morgan fingerprint density at radius 1 is 1.11 bits per heavy atom. The van der Waals surface area contributed by atoms with Gasteiger partial charge >= 0.3 is 0 Å². The smallest absolute Gasteiger partial charge is 0.264 e. The molecule has 6 nitrogen and oxygen atoms in total. The van der Waals surface area contributed by atoms with E-state index in [0.29, 0.717) is 0 Å². The van der Waals surface area contributed by atoms with Gasteiger partial charge in [0.2, 0.25) is 0 Å². The summed E-state index contributed by atoms with van der Waals surface area (Å²) in [6, 6.07) is 0. The molecule has 0 radical (unpaired) electrons. The Hall–Kier alpha value is -1.73. The summed E-state index contributed by atoms with van der Waals surface area (Å²) in [6.45, 7) is 12.1. The maximum Gasteiger partial charge on any atom is 0.264 e. The van der Waals surface area contributed by atoms with E-state index in [9.17, 15) is 4.79 Å². The van der Waals surface area contributed by atoms with Crippen LogP contribution < -0.4 is 9.80 Å². The normalized spacial score (nSPS) is 19.9. The molecular weight excluding hydrogens is 358 g/mol. The van der Waals surface area contributed by atoms with E-state index in [1.165, 1.54) is 17.7 Å². The lowest BCUT2D eigenvalue weighted by Crippen LogP contribution is -3.12. The summed E-state index contributed by atoms with van der Waals surface area (Å²) in [6.07, 6.45) is 2.40. The second-order valence-electron chi connectivity index (χ2n) is 8.25. The Morgan fingerprint density at radius 2 is 1.78 bits per heavy atom. The number of thiophene rings is 1. The number of anilines is 1. The third kappa shape index (κ3) is 3.55. The average molecular weight is 389 g/mol. The molecule has 0 saturated carbocycles. The Bertz CT molecular complexity index is 848. The number of piperidine rings is 1. The van der Waals surface area contributed by atoms with Crippen molar-refractivity contribution in [2.24, 2.45) is 5.92 Å². The number of aromatic nitrogens is 2. The largest absolute Gasteiger partial charge is 0.356 e. The molecule has 1 N–H and O–H groups in total. The number of hydrogen-bond acceptors (Lipinski definition) is 5. The van der Waals surface area contributed by atoms with Gasteiger partial charge in [0.25, 0.3) is 5.91 Å². The summed E-state index contributed by atoms with van der Waals surface area (Å²) < 4.78 is 0. The van der Waals surface area contributed by atoms with Crippen molar-refractivity contribution in [3.8, 4) is 0 Å². The van der Waals surface area contributed by atoms with Crippen LogP contribution in [0, 0.1) is 19.8 Å². The van der Waals surface area contributed by atoms with Gasteiger partial charge in [-0.1, -0.05) is 6.92 Å². The van der Waals surface area contributed by atoms with Gasteiger partial charge in [-0.15, -0.1) is 11.3 Å². The van der Waals surface area contributed by atoms with Gasteiger partial charge in [0.05, 0.1) is 43.5 Å². The van der Waals surface area contributed by atoms with Crippen LogP contribution in [0.25, 0.3) is 10.2 Å². The molecule has 0 aliphatic carbocycles. The number of carbonyl (C=O) groups excluding carboxylic acids is 1. The van der Waals surface area contributed by atoms with E-state index in [-0.39, 0.29) is 5.91 Å². The zero-order valence-electron chi connectivity index (χ0n) is 16.8. The number of likely N-dealkylation sites (N-methyl/N-ethyl adjacent to an activating group) is 1. The Labute approximate surface area is 165 Å². The monoisotopic (exact) mass is 388 g/mol. The molecule has 2 aliphatic heterocycles. The summed E-state index contributed by atoms with van der Waals surface area (Å²) >= 11 is 1.54. The molecule has 4 heterocycles. The first-order valence-electron chi connectivity index (χ1n) is 10.1. The number of fused-ring (bicyclic) bond motifs is 1. The fraction of sp³-hybridized carbons (Fsp3) is 0.650. The standard InChI is InChI=1S/C20H29N5OS/c1-13-5-7-24(8-6-13)18-16-14(2)17(27-19(16)22-15(3)21-18)20(26)25-11-9-23(4)10-12-25/h13H,5-12H2,1-4H3/p+1. The highest BCUT2D eigenvalue weighted by Crippen LogP contribution is 2.37. The lowest BCUT2D eigenvalue weighted by molar-refractivity contribution is -0.883. The third-order valence-corrected chi connectivity index (χ3v) is 7.24. The van der Waals surface area contributed by atoms with Gasteiger partial charge in [-0.25, -0.2) is 9.97 Å². The lowest BCUT2D eigenvalue weighted by atomic mass is 9.99. The summed E-state index contributed by atoms with van der Waals surface area (Å²) in [7, 11) is 2.19. The van der Waals surface area contributed by atoms with Gasteiger partial charge in [-0.05, 0) is 38.2 Å². The van der Waals surface area contributed by atoms with Crippen LogP contribution in [0.5, 0.6) is 0 Å². The SMILES string of the molecule is Cc1nc(N2CCC(C)CC2)c2c(C)c(C(=O)N3CC[NH+](C)CC3)sc2n1. The molecule has 1 amide bonds. The van der Waals surface area contributed by atoms with Crippen molar-refractivity contribution in [3.05, 3.63) is 16.3 Å². The minimum absolute atomic E-state index is 0.166. The summed E-state index contributed by atoms with van der Waals surface area (Å²) in [5, 5.41) is 1.09. The van der Waals surface area contributed by atoms with Crippen molar-refractivity contribution in [2.75, 3.05) is 51.2 Å². The zero-order chi connectivity index (χ0) is 19.1. The number of rotatable bonds is 2. The van der Waals surface area contributed by atoms with Crippen molar-refractivity contribution in [1.82, 2.24) is 14.9 Å². The molecule has 2 saturated heterocycles. The number of nitrogens with zero attached hydrogens (tertiary/aromatic N) is 4. The molecule has 27 heavy (non-hydrogen) atoms. The molecule has 4 rings (SSSR count). The number of amides is 1. The van der Waals surface area contributed by atoms with Crippen LogP contribution in [0.1, 0.15) is 40.8 Å². The van der Waals surface area contributed by atoms with Gasteiger partial charge in [0.15, 0.2) is 0 Å². The maximum atomic E-state index is 13.2. The Balaban J connectivity index is 1.71. The molecule has 0 bridgehead atoms. The lowest BCUT2D eigenvalue weighted by Gasteiger charge is -2.32. The summed E-state index contributed by atoms with van der Waals surface area (Å²) in [4.78, 5) is 30.3. The number of quaternary nitrogens is 1. The topological polar surface area (TPSA) is 53.8 Å². The van der Waals surface area contributed by atoms with E-state index < -0.39 is 0 Å². The second kappa shape index (κ2) is 7.36. The molecule has 0 spiro atoms. The highest BCUT2D eigenvalue weighted by atomic mass is 32.1. The zero-order valence-corrected chi connectivity index (χ0v) is 17.7. The van der Waals surface area contributed by atoms with Gasteiger partial charge in [0, 0.05) is 13.1 Å². The summed E-state index contributed by atoms with van der Waals surface area (Å²) in [5.41, 5.74) is 1.06. The highest BCUT2D eigenvalue weighted by molar-refractivity contribution is 7.20. The summed E-state index contributed by atoms with van der Waals surface area (Å²) in [5.74, 6) is 2.76. The number of hydrogen-bond donors (Lipinski definition) is 1. The molecule has 2 aromatic heterocycles. The van der Waals surface area contributed by atoms with Gasteiger partial charge in [-0.3, -0.25) is 4.79 Å². The number of nitrogens with one attached hydrogen (secondary N) is 1. The minimum Gasteiger partial charge on any atom is -0.356 e. The first-order valence-corrected chi connectivity index (χ1v) is 10.9. The van der Waals surface area contributed by atoms with Crippen molar-refractivity contribution in [3.63, 3.8) is 0 Å². The predicted molar refractivity (Wildman–Crippen MR) is 110 cm³/mol. The fourth-order valence-electron chi connectivity index (χ4n) is 4.11. The van der Waals surface area contributed by atoms with Crippen LogP contribution in [-0.4, -0.2) is 67.1 Å². The molecule has 0 aromatic carbocycles. The van der Waals surface area contributed by atoms with Crippen LogP contribution in [0.4, 0.5) is 5.82 Å². The Kier molecular flexibility index (Phi) is 5.07. The van der Waals surface area contributed by atoms with Crippen LogP contribution in [0.15, 0.2) is 0 Å². The first-order chi connectivity index (χ1) is 12.9. The maximum absolute atomic E-state index is 13.2. The van der Waals surface area contributed by atoms with E-state index in [1.54, 1.807) is 11.3 Å². The first kappa shape index (κ1) is 18.6. The van der Waals surface area contributed by atoms with Crippen LogP contribution in [-0.2, 0) is 0 Å². The second-order valence-corrected chi connectivity index (χ2v) is 9.25. The van der Waals surface area contributed by atoms with Crippen molar-refractivity contribution >= 4 is 33.3 Å². The number of piperazine rings is 1. The van der Waals surface area contributed by atoms with E-state index in [0.717, 1.165) is 77.5 Å². The van der Waals surface area contributed by atoms with E-state index >= 15 is 0 Å². The molecular formula is C20H30N5OS+. The molecule has 0 unspecified atom stereocenters. The quantitative estimate of drug-likeness (QED) is 0.848. The third-order valence-electron chi connectivity index (χ3n) is 6.06. The van der Waals surface area contributed by atoms with Gasteiger partial charge in [0.1, 0.15) is 16.5 Å². The van der Waals surface area contributed by atoms with E-state index in [1.807, 2.05) is 11.8 Å². The number of carbonyl (C=O) groups is 1. The van der Waals surface area contributed by atoms with Crippen molar-refractivity contribution in [2.45, 2.75) is 33.6 Å². The van der Waals surface area contributed by atoms with Crippen molar-refractivity contribution < 1.29 is 9.69 Å². The highest BCUT2D eigenvalue weighted by Gasteiger charge is 2.28. The van der Waals surface area contributed by atoms with Crippen LogP contribution >= 0.6 is 11.3 Å². The van der Waals surface area contributed by atoms with Crippen LogP contribution in [0.3, 0.4) is 0 Å². The number of aryl methyl sites for hydroxylation is 2. The molecule has 2 aromatic rings. The molecule has 146 valence electrons. The van der Waals surface area contributed by atoms with Gasteiger partial charge < -0.3 is 14.7 Å². The average Bonchev–Trinajstić information content (AvgIpc) is 2.98. The van der Waals surface area contributed by atoms with Crippen molar-refractivity contribution in [1.29, 1.82) is 0 Å². The minimum atomic E-state index is 0.166. The van der Waals surface area contributed by atoms with E-state index in [2.05, 4.69) is 30.8 Å². The fourth-order valence-corrected chi connectivity index (χ4v) is 5.30.